The van der Waals surface area contributed by atoms with Crippen LogP contribution in [0.15, 0.2) is 65.3 Å². The number of ether oxygens (including phenoxy) is 2. The van der Waals surface area contributed by atoms with Gasteiger partial charge in [0.05, 0.1) is 12.6 Å². The van der Waals surface area contributed by atoms with Crippen LogP contribution in [0.1, 0.15) is 34.1 Å². The molecule has 1 atom stereocenters. The Morgan fingerprint density at radius 3 is 2.64 bits per heavy atom. The van der Waals surface area contributed by atoms with Crippen LogP contribution in [0, 0.1) is 12.7 Å². The van der Waals surface area contributed by atoms with Crippen LogP contribution in [0.4, 0.5) is 17.6 Å². The van der Waals surface area contributed by atoms with Crippen molar-refractivity contribution in [3.63, 3.8) is 0 Å². The van der Waals surface area contributed by atoms with Crippen molar-refractivity contribution in [2.75, 3.05) is 6.61 Å². The van der Waals surface area contributed by atoms with Crippen LogP contribution >= 0.6 is 15.9 Å². The molecule has 4 rings (SSSR count). The van der Waals surface area contributed by atoms with Crippen LogP contribution in [-0.4, -0.2) is 23.9 Å². The largest absolute Gasteiger partial charge is 0.573 e. The van der Waals surface area contributed by atoms with Crippen molar-refractivity contribution in [2.24, 2.45) is 0 Å². The molecule has 0 saturated carbocycles. The topological polar surface area (TPSA) is 60.5 Å². The summed E-state index contributed by atoms with van der Waals surface area (Å²) >= 11 is 3.44. The van der Waals surface area contributed by atoms with Crippen LogP contribution in [0.2, 0.25) is 0 Å². The molecule has 3 aromatic rings. The lowest BCUT2D eigenvalue weighted by Gasteiger charge is -2.25. The molecule has 1 aliphatic rings. The van der Waals surface area contributed by atoms with Gasteiger partial charge in [-0.15, -0.1) is 13.2 Å². The highest BCUT2D eigenvalue weighted by molar-refractivity contribution is 9.10. The summed E-state index contributed by atoms with van der Waals surface area (Å²) in [6.07, 6.45) is -2.40. The molecule has 174 valence electrons. The second-order valence-electron chi connectivity index (χ2n) is 6.99. The maximum atomic E-state index is 12.5. The van der Waals surface area contributed by atoms with Crippen LogP contribution in [0.5, 0.6) is 11.5 Å². The first-order valence-corrected chi connectivity index (χ1v) is 10.6. The van der Waals surface area contributed by atoms with E-state index in [1.165, 1.54) is 12.1 Å². The van der Waals surface area contributed by atoms with Crippen LogP contribution in [0.25, 0.3) is 0 Å². The van der Waals surface area contributed by atoms with Crippen molar-refractivity contribution in [1.29, 1.82) is 0 Å². The van der Waals surface area contributed by atoms with Gasteiger partial charge in [0, 0.05) is 22.7 Å². The molecule has 0 bridgehead atoms. The lowest BCUT2D eigenvalue weighted by molar-refractivity contribution is -0.275. The summed E-state index contributed by atoms with van der Waals surface area (Å²) in [6, 6.07) is 13.5. The van der Waals surface area contributed by atoms with E-state index >= 15 is 0 Å². The van der Waals surface area contributed by atoms with Gasteiger partial charge in [0.25, 0.3) is 5.91 Å². The Bertz CT molecular complexity index is 1120. The third-order valence-corrected chi connectivity index (χ3v) is 5.47. The standard InChI is InChI=1S/C16H15BrN2O2.C7H4F4O/c1-10-9-11(4-5-12(10)17)16(20)19-13-6-8-21-14-3-2-7-18-15(13)14;8-5-3-1-2-4-6(5)12-7(9,10)11/h2-5,7,9,13H,6,8H2,1H3,(H,19,20);1-4H. The number of nitrogens with zero attached hydrogens (tertiary/aromatic N) is 1. The number of nitrogens with one attached hydrogen (secondary N) is 1. The van der Waals surface area contributed by atoms with Gasteiger partial charge < -0.3 is 14.8 Å². The lowest BCUT2D eigenvalue weighted by atomic mass is 10.1. The smallest absolute Gasteiger partial charge is 0.491 e. The number of carbonyl (C=O) groups is 1. The highest BCUT2D eigenvalue weighted by Gasteiger charge is 2.32. The van der Waals surface area contributed by atoms with E-state index in [4.69, 9.17) is 4.74 Å². The van der Waals surface area contributed by atoms with Crippen molar-refractivity contribution in [3.8, 4) is 11.5 Å². The Morgan fingerprint density at radius 1 is 1.18 bits per heavy atom. The van der Waals surface area contributed by atoms with E-state index in [2.05, 4.69) is 31.0 Å². The molecule has 0 radical (unpaired) electrons. The maximum absolute atomic E-state index is 12.5. The molecule has 2 heterocycles. The number of benzene rings is 2. The Morgan fingerprint density at radius 2 is 1.94 bits per heavy atom. The van der Waals surface area contributed by atoms with Gasteiger partial charge in [0.15, 0.2) is 11.6 Å². The van der Waals surface area contributed by atoms with Gasteiger partial charge in [-0.2, -0.15) is 0 Å². The second-order valence-corrected chi connectivity index (χ2v) is 7.85. The van der Waals surface area contributed by atoms with Crippen LogP contribution < -0.4 is 14.8 Å². The Kier molecular flexibility index (Phi) is 7.91. The van der Waals surface area contributed by atoms with Crippen molar-refractivity contribution < 1.29 is 31.8 Å². The highest BCUT2D eigenvalue weighted by atomic mass is 79.9. The highest BCUT2D eigenvalue weighted by Crippen LogP contribution is 2.30. The predicted molar refractivity (Wildman–Crippen MR) is 117 cm³/mol. The molecular weight excluding hydrogens is 508 g/mol. The van der Waals surface area contributed by atoms with Crippen molar-refractivity contribution >= 4 is 21.8 Å². The average Bonchev–Trinajstić information content (AvgIpc) is 2.77. The number of aryl methyl sites for hydroxylation is 1. The fourth-order valence-corrected chi connectivity index (χ4v) is 3.28. The molecule has 0 aliphatic carbocycles. The number of rotatable bonds is 3. The summed E-state index contributed by atoms with van der Waals surface area (Å²) in [7, 11) is 0. The van der Waals surface area contributed by atoms with Gasteiger partial charge in [0.2, 0.25) is 0 Å². The zero-order valence-corrected chi connectivity index (χ0v) is 18.9. The zero-order valence-electron chi connectivity index (χ0n) is 17.3. The van der Waals surface area contributed by atoms with Gasteiger partial charge in [0.1, 0.15) is 11.4 Å². The predicted octanol–water partition coefficient (Wildman–Crippen LogP) is 6.13. The third kappa shape index (κ3) is 6.92. The number of amides is 1. The number of fused-ring (bicyclic) bond motifs is 1. The molecule has 2 aromatic carbocycles. The molecule has 33 heavy (non-hydrogen) atoms. The average molecular weight is 527 g/mol. The number of alkyl halides is 3. The molecule has 1 aromatic heterocycles. The number of hydrogen-bond acceptors (Lipinski definition) is 4. The number of pyridine rings is 1. The quantitative estimate of drug-likeness (QED) is 0.417. The fourth-order valence-electron chi connectivity index (χ4n) is 3.03. The van der Waals surface area contributed by atoms with Crippen molar-refractivity contribution in [2.45, 2.75) is 25.7 Å². The first kappa shape index (κ1) is 24.5. The molecule has 0 saturated heterocycles. The van der Waals surface area contributed by atoms with Crippen LogP contribution in [0.3, 0.4) is 0 Å². The SMILES string of the molecule is Cc1cc(C(=O)NC2CCOc3cccnc32)ccc1Br.Fc1ccccc1OC(F)(F)F. The fraction of sp³-hybridized carbons (Fsp3) is 0.217. The molecular formula is C23H19BrF4N2O3. The van der Waals surface area contributed by atoms with Crippen molar-refractivity contribution in [3.05, 3.63) is 87.9 Å². The zero-order chi connectivity index (χ0) is 24.0. The normalized spacial score (nSPS) is 14.8. The van der Waals surface area contributed by atoms with Gasteiger partial charge in [-0.1, -0.05) is 28.1 Å². The molecule has 0 fully saturated rings. The number of hydrogen-bond donors (Lipinski definition) is 1. The molecule has 1 unspecified atom stereocenters. The van der Waals surface area contributed by atoms with E-state index in [0.717, 1.165) is 40.0 Å². The number of aromatic nitrogens is 1. The van der Waals surface area contributed by atoms with E-state index in [9.17, 15) is 22.4 Å². The Labute approximate surface area is 195 Å². The van der Waals surface area contributed by atoms with Crippen molar-refractivity contribution in [1.82, 2.24) is 10.3 Å². The minimum absolute atomic E-state index is 0.0888. The first-order chi connectivity index (χ1) is 15.6. The number of halogens is 5. The summed E-state index contributed by atoms with van der Waals surface area (Å²) in [4.78, 5) is 16.7. The monoisotopic (exact) mass is 526 g/mol. The van der Waals surface area contributed by atoms with Gasteiger partial charge in [-0.25, -0.2) is 4.39 Å². The van der Waals surface area contributed by atoms with E-state index in [1.54, 1.807) is 6.20 Å². The number of carbonyl (C=O) groups excluding carboxylic acids is 1. The second kappa shape index (κ2) is 10.7. The van der Waals surface area contributed by atoms with Gasteiger partial charge in [-0.05, 0) is 55.0 Å². The summed E-state index contributed by atoms with van der Waals surface area (Å²) in [5.74, 6) is -1.19. The molecule has 1 N–H and O–H groups in total. The summed E-state index contributed by atoms with van der Waals surface area (Å²) in [5, 5.41) is 3.04. The maximum Gasteiger partial charge on any atom is 0.573 e. The summed E-state index contributed by atoms with van der Waals surface area (Å²) < 4.78 is 57.0. The minimum Gasteiger partial charge on any atom is -0.491 e. The Hall–Kier alpha value is -3.14. The Balaban J connectivity index is 0.000000218. The molecule has 10 heteroatoms. The summed E-state index contributed by atoms with van der Waals surface area (Å²) in [5.41, 5.74) is 2.48. The lowest BCUT2D eigenvalue weighted by Crippen LogP contribution is -2.32. The molecule has 1 aliphatic heterocycles. The number of para-hydroxylation sites is 1. The van der Waals surface area contributed by atoms with E-state index in [0.29, 0.717) is 12.2 Å². The molecule has 5 nitrogen and oxygen atoms in total. The van der Waals surface area contributed by atoms with E-state index < -0.39 is 17.9 Å². The van der Waals surface area contributed by atoms with E-state index in [1.807, 2.05) is 37.3 Å². The van der Waals surface area contributed by atoms with Crippen LogP contribution in [-0.2, 0) is 0 Å². The summed E-state index contributed by atoms with van der Waals surface area (Å²) in [6.45, 7) is 2.55. The molecule has 1 amide bonds. The van der Waals surface area contributed by atoms with Gasteiger partial charge >= 0.3 is 6.36 Å². The molecule has 0 spiro atoms. The van der Waals surface area contributed by atoms with E-state index in [-0.39, 0.29) is 11.9 Å². The first-order valence-electron chi connectivity index (χ1n) is 9.79. The minimum atomic E-state index is -4.85. The third-order valence-electron chi connectivity index (χ3n) is 4.58. The van der Waals surface area contributed by atoms with Gasteiger partial charge in [-0.3, -0.25) is 9.78 Å².